The number of hydrogen-bond donors (Lipinski definition) is 1. The quantitative estimate of drug-likeness (QED) is 0.499. The first-order valence-corrected chi connectivity index (χ1v) is 4.60. The van der Waals surface area contributed by atoms with Gasteiger partial charge in [-0.3, -0.25) is 0 Å². The Hall–Kier alpha value is -1.79. The van der Waals surface area contributed by atoms with E-state index < -0.39 is 29.1 Å². The Kier molecular flexibility index (Phi) is 3.59. The minimum absolute atomic E-state index is 0.0750. The van der Waals surface area contributed by atoms with Crippen molar-refractivity contribution in [3.63, 3.8) is 0 Å². The van der Waals surface area contributed by atoms with Crippen LogP contribution in [0, 0.1) is 5.82 Å². The Bertz CT molecular complexity index is 443. The van der Waals surface area contributed by atoms with E-state index in [1.54, 1.807) is 0 Å². The Balaban J connectivity index is 3.34. The SMILES string of the molecule is CCOC(=O)c1cc(N)cc(C(F)(F)F)c1F. The zero-order valence-electron chi connectivity index (χ0n) is 8.77. The van der Waals surface area contributed by atoms with Gasteiger partial charge in [-0.25, -0.2) is 9.18 Å². The molecule has 7 heteroatoms. The van der Waals surface area contributed by atoms with Crippen LogP contribution in [0.2, 0.25) is 0 Å². The number of hydrogen-bond acceptors (Lipinski definition) is 3. The molecule has 0 aliphatic heterocycles. The normalized spacial score (nSPS) is 11.4. The third kappa shape index (κ3) is 2.86. The van der Waals surface area contributed by atoms with E-state index in [1.165, 1.54) is 6.92 Å². The van der Waals surface area contributed by atoms with E-state index >= 15 is 0 Å². The molecule has 1 aromatic carbocycles. The fourth-order valence-electron chi connectivity index (χ4n) is 1.21. The number of halogens is 4. The molecule has 0 radical (unpaired) electrons. The molecule has 0 saturated carbocycles. The maximum atomic E-state index is 13.4. The number of carbonyl (C=O) groups excluding carboxylic acids is 1. The number of nitrogens with two attached hydrogens (primary N) is 1. The van der Waals surface area contributed by atoms with Crippen molar-refractivity contribution in [2.75, 3.05) is 12.3 Å². The van der Waals surface area contributed by atoms with Gasteiger partial charge in [0.2, 0.25) is 0 Å². The van der Waals surface area contributed by atoms with Crippen molar-refractivity contribution in [3.8, 4) is 0 Å². The van der Waals surface area contributed by atoms with E-state index in [4.69, 9.17) is 5.73 Å². The summed E-state index contributed by atoms with van der Waals surface area (Å²) in [6.07, 6.45) is -4.92. The van der Waals surface area contributed by atoms with Crippen LogP contribution in [0.1, 0.15) is 22.8 Å². The molecule has 0 saturated heterocycles. The highest BCUT2D eigenvalue weighted by Crippen LogP contribution is 2.34. The zero-order chi connectivity index (χ0) is 13.2. The second kappa shape index (κ2) is 4.60. The maximum Gasteiger partial charge on any atom is 0.419 e. The molecule has 2 N–H and O–H groups in total. The number of rotatable bonds is 2. The van der Waals surface area contributed by atoms with Gasteiger partial charge in [-0.05, 0) is 19.1 Å². The van der Waals surface area contributed by atoms with Crippen LogP contribution in [0.25, 0.3) is 0 Å². The van der Waals surface area contributed by atoms with E-state index in [9.17, 15) is 22.4 Å². The van der Waals surface area contributed by atoms with E-state index in [0.717, 1.165) is 6.07 Å². The van der Waals surface area contributed by atoms with Gasteiger partial charge in [0.25, 0.3) is 0 Å². The van der Waals surface area contributed by atoms with Gasteiger partial charge in [-0.2, -0.15) is 13.2 Å². The topological polar surface area (TPSA) is 52.3 Å². The minimum Gasteiger partial charge on any atom is -0.462 e. The molecule has 1 aromatic rings. The van der Waals surface area contributed by atoms with E-state index in [2.05, 4.69) is 4.74 Å². The molecule has 0 fully saturated rings. The highest BCUT2D eigenvalue weighted by molar-refractivity contribution is 5.91. The lowest BCUT2D eigenvalue weighted by Gasteiger charge is -2.11. The zero-order valence-corrected chi connectivity index (χ0v) is 8.77. The molecule has 17 heavy (non-hydrogen) atoms. The largest absolute Gasteiger partial charge is 0.462 e. The number of alkyl halides is 3. The van der Waals surface area contributed by atoms with Gasteiger partial charge in [0.15, 0.2) is 0 Å². The highest BCUT2D eigenvalue weighted by Gasteiger charge is 2.36. The monoisotopic (exact) mass is 251 g/mol. The highest BCUT2D eigenvalue weighted by atomic mass is 19.4. The summed E-state index contributed by atoms with van der Waals surface area (Å²) >= 11 is 0. The van der Waals surface area contributed by atoms with Gasteiger partial charge in [-0.1, -0.05) is 0 Å². The van der Waals surface area contributed by atoms with Gasteiger partial charge in [-0.15, -0.1) is 0 Å². The van der Waals surface area contributed by atoms with Gasteiger partial charge in [0.05, 0.1) is 17.7 Å². The van der Waals surface area contributed by atoms with Crippen LogP contribution >= 0.6 is 0 Å². The van der Waals surface area contributed by atoms with Crippen molar-refractivity contribution in [1.29, 1.82) is 0 Å². The van der Waals surface area contributed by atoms with Crippen molar-refractivity contribution in [2.24, 2.45) is 0 Å². The molecular formula is C10H9F4NO2. The number of esters is 1. The number of anilines is 1. The second-order valence-electron chi connectivity index (χ2n) is 3.15. The lowest BCUT2D eigenvalue weighted by atomic mass is 10.1. The molecule has 0 bridgehead atoms. The van der Waals surface area contributed by atoms with Crippen molar-refractivity contribution < 1.29 is 27.1 Å². The number of ether oxygens (including phenoxy) is 1. The fourth-order valence-corrected chi connectivity index (χ4v) is 1.21. The maximum absolute atomic E-state index is 13.4. The summed E-state index contributed by atoms with van der Waals surface area (Å²) in [7, 11) is 0. The van der Waals surface area contributed by atoms with E-state index in [1.807, 2.05) is 0 Å². The Morgan fingerprint density at radius 1 is 1.41 bits per heavy atom. The summed E-state index contributed by atoms with van der Waals surface area (Å²) in [5, 5.41) is 0. The molecule has 0 spiro atoms. The van der Waals surface area contributed by atoms with Crippen molar-refractivity contribution in [1.82, 2.24) is 0 Å². The van der Waals surface area contributed by atoms with E-state index in [0.29, 0.717) is 6.07 Å². The van der Waals surface area contributed by atoms with Crippen molar-refractivity contribution in [2.45, 2.75) is 13.1 Å². The van der Waals surface area contributed by atoms with Crippen molar-refractivity contribution in [3.05, 3.63) is 29.1 Å². The summed E-state index contributed by atoms with van der Waals surface area (Å²) < 4.78 is 55.1. The van der Waals surface area contributed by atoms with Gasteiger partial charge in [0.1, 0.15) is 5.82 Å². The van der Waals surface area contributed by atoms with Crippen LogP contribution in [0.4, 0.5) is 23.2 Å². The summed E-state index contributed by atoms with van der Waals surface area (Å²) in [6.45, 7) is 1.38. The molecule has 0 amide bonds. The molecule has 1 rings (SSSR count). The van der Waals surface area contributed by atoms with Gasteiger partial charge in [0, 0.05) is 5.69 Å². The lowest BCUT2D eigenvalue weighted by Crippen LogP contribution is -2.15. The summed E-state index contributed by atoms with van der Waals surface area (Å²) in [4.78, 5) is 11.2. The average molecular weight is 251 g/mol. The lowest BCUT2D eigenvalue weighted by molar-refractivity contribution is -0.140. The minimum atomic E-state index is -4.92. The second-order valence-corrected chi connectivity index (χ2v) is 3.15. The smallest absolute Gasteiger partial charge is 0.419 e. The molecule has 3 nitrogen and oxygen atoms in total. The fraction of sp³-hybridized carbons (Fsp3) is 0.300. The summed E-state index contributed by atoms with van der Waals surface area (Å²) in [5.74, 6) is -2.85. The van der Waals surface area contributed by atoms with Crippen LogP contribution in [-0.4, -0.2) is 12.6 Å². The van der Waals surface area contributed by atoms with Gasteiger partial charge < -0.3 is 10.5 Å². The third-order valence-electron chi connectivity index (χ3n) is 1.90. The summed E-state index contributed by atoms with van der Waals surface area (Å²) in [5.41, 5.74) is 2.42. The first-order chi connectivity index (χ1) is 7.77. The molecule has 0 aliphatic rings. The first kappa shape index (κ1) is 13.3. The Morgan fingerprint density at radius 2 is 2.00 bits per heavy atom. The molecule has 0 unspecified atom stereocenters. The molecule has 94 valence electrons. The van der Waals surface area contributed by atoms with Crippen LogP contribution in [0.5, 0.6) is 0 Å². The molecule has 0 heterocycles. The third-order valence-corrected chi connectivity index (χ3v) is 1.90. The molecule has 0 aromatic heterocycles. The van der Waals surface area contributed by atoms with Crippen LogP contribution in [0.15, 0.2) is 12.1 Å². The van der Waals surface area contributed by atoms with Crippen LogP contribution in [-0.2, 0) is 10.9 Å². The molecule has 0 atom stereocenters. The van der Waals surface area contributed by atoms with Crippen molar-refractivity contribution >= 4 is 11.7 Å². The first-order valence-electron chi connectivity index (χ1n) is 4.60. The number of carbonyl (C=O) groups is 1. The predicted molar refractivity (Wildman–Crippen MR) is 51.8 cm³/mol. The number of nitrogen functional groups attached to an aromatic ring is 1. The summed E-state index contributed by atoms with van der Waals surface area (Å²) in [6, 6.07) is 1.24. The predicted octanol–water partition coefficient (Wildman–Crippen LogP) is 2.60. The van der Waals surface area contributed by atoms with Crippen LogP contribution < -0.4 is 5.73 Å². The molecule has 0 aliphatic carbocycles. The average Bonchev–Trinajstić information content (AvgIpc) is 2.19. The van der Waals surface area contributed by atoms with Crippen LogP contribution in [0.3, 0.4) is 0 Å². The molecular weight excluding hydrogens is 242 g/mol. The Morgan fingerprint density at radius 3 is 2.47 bits per heavy atom. The van der Waals surface area contributed by atoms with Gasteiger partial charge >= 0.3 is 12.1 Å². The standard InChI is InChI=1S/C10H9F4NO2/c1-2-17-9(16)6-3-5(15)4-7(8(6)11)10(12,13)14/h3-4H,2,15H2,1H3. The Labute approximate surface area is 94.2 Å². The number of benzene rings is 1. The van der Waals surface area contributed by atoms with E-state index in [-0.39, 0.29) is 12.3 Å².